The van der Waals surface area contributed by atoms with Gasteiger partial charge in [0.15, 0.2) is 0 Å². The second-order valence-corrected chi connectivity index (χ2v) is 8.40. The monoisotopic (exact) mass is 469 g/mol. The molecule has 0 aliphatic carbocycles. The second-order valence-electron chi connectivity index (χ2n) is 8.40. The average molecular weight is 470 g/mol. The van der Waals surface area contributed by atoms with Crippen LogP contribution in [0.4, 0.5) is 5.69 Å². The number of aryl methyl sites for hydroxylation is 2. The minimum atomic E-state index is -0.825. The van der Waals surface area contributed by atoms with Gasteiger partial charge in [0.1, 0.15) is 5.76 Å². The van der Waals surface area contributed by atoms with Gasteiger partial charge in [0.2, 0.25) is 0 Å². The molecular weight excluding hydrogens is 442 g/mol. The van der Waals surface area contributed by atoms with Gasteiger partial charge in [-0.15, -0.1) is 0 Å². The summed E-state index contributed by atoms with van der Waals surface area (Å²) in [5.41, 5.74) is 4.03. The zero-order valence-electron chi connectivity index (χ0n) is 19.9. The van der Waals surface area contributed by atoms with E-state index in [2.05, 4.69) is 0 Å². The van der Waals surface area contributed by atoms with Crippen LogP contribution in [0, 0.1) is 6.92 Å². The Hall–Kier alpha value is -4.19. The van der Waals surface area contributed by atoms with E-state index >= 15 is 0 Å². The topological polar surface area (TPSA) is 83.9 Å². The standard InChI is InChI=1S/C29H27NO5/c1-4-19-9-11-20(12-10-19)26(31)24-25(22-8-6-7-18(3)17-22)30(28(33)27(24)32)23-15-13-21(14-16-23)29(34)35-5-2/h6-17,25,31H,4-5H2,1-3H3/b26-24+. The van der Waals surface area contributed by atoms with E-state index in [9.17, 15) is 19.5 Å². The number of aliphatic hydroxyl groups excluding tert-OH is 1. The molecule has 0 spiro atoms. The highest BCUT2D eigenvalue weighted by atomic mass is 16.5. The maximum atomic E-state index is 13.3. The van der Waals surface area contributed by atoms with Gasteiger partial charge in [-0.3, -0.25) is 14.5 Å². The third kappa shape index (κ3) is 4.60. The van der Waals surface area contributed by atoms with Crippen LogP contribution in [0.15, 0.2) is 78.4 Å². The zero-order chi connectivity index (χ0) is 25.1. The van der Waals surface area contributed by atoms with Gasteiger partial charge in [-0.25, -0.2) is 4.79 Å². The third-order valence-electron chi connectivity index (χ3n) is 6.09. The van der Waals surface area contributed by atoms with Crippen LogP contribution in [0.25, 0.3) is 5.76 Å². The summed E-state index contributed by atoms with van der Waals surface area (Å²) in [4.78, 5) is 40.0. The number of nitrogens with zero attached hydrogens (tertiary/aromatic N) is 1. The number of ketones is 1. The van der Waals surface area contributed by atoms with Crippen molar-refractivity contribution >= 4 is 29.1 Å². The van der Waals surface area contributed by atoms with E-state index in [1.54, 1.807) is 43.3 Å². The summed E-state index contributed by atoms with van der Waals surface area (Å²) < 4.78 is 5.03. The van der Waals surface area contributed by atoms with Crippen molar-refractivity contribution in [2.24, 2.45) is 0 Å². The first-order valence-corrected chi connectivity index (χ1v) is 11.6. The highest BCUT2D eigenvalue weighted by Crippen LogP contribution is 2.42. The number of carbonyl (C=O) groups is 3. The minimum absolute atomic E-state index is 0.0271. The van der Waals surface area contributed by atoms with E-state index in [1.807, 2.05) is 50.2 Å². The number of rotatable bonds is 6. The summed E-state index contributed by atoms with van der Waals surface area (Å²) in [5, 5.41) is 11.2. The Morgan fingerprint density at radius 3 is 2.20 bits per heavy atom. The summed E-state index contributed by atoms with van der Waals surface area (Å²) in [6, 6.07) is 20.3. The Bertz CT molecular complexity index is 1310. The fourth-order valence-corrected chi connectivity index (χ4v) is 4.28. The smallest absolute Gasteiger partial charge is 0.338 e. The first-order chi connectivity index (χ1) is 16.8. The molecule has 0 radical (unpaired) electrons. The Kier molecular flexibility index (Phi) is 6.82. The maximum Gasteiger partial charge on any atom is 0.338 e. The molecule has 1 saturated heterocycles. The normalized spacial score (nSPS) is 17.0. The Morgan fingerprint density at radius 1 is 0.943 bits per heavy atom. The fraction of sp³-hybridized carbons (Fsp3) is 0.207. The molecule has 1 aliphatic heterocycles. The number of aliphatic hydroxyl groups is 1. The minimum Gasteiger partial charge on any atom is -0.507 e. The maximum absolute atomic E-state index is 13.3. The molecule has 0 bridgehead atoms. The van der Waals surface area contributed by atoms with E-state index in [4.69, 9.17) is 4.74 Å². The molecule has 1 aliphatic rings. The molecule has 0 aromatic heterocycles. The molecule has 1 atom stereocenters. The van der Waals surface area contributed by atoms with Gasteiger partial charge in [0.05, 0.1) is 23.8 Å². The van der Waals surface area contributed by atoms with Crippen LogP contribution < -0.4 is 4.90 Å². The Morgan fingerprint density at radius 2 is 1.60 bits per heavy atom. The Labute approximate surface area is 204 Å². The van der Waals surface area contributed by atoms with Gasteiger partial charge in [-0.2, -0.15) is 0 Å². The molecule has 3 aromatic rings. The fourth-order valence-electron chi connectivity index (χ4n) is 4.28. The van der Waals surface area contributed by atoms with Gasteiger partial charge in [-0.1, -0.05) is 61.0 Å². The van der Waals surface area contributed by atoms with Crippen molar-refractivity contribution in [3.8, 4) is 0 Å². The highest BCUT2D eigenvalue weighted by Gasteiger charge is 2.47. The average Bonchev–Trinajstić information content (AvgIpc) is 3.14. The van der Waals surface area contributed by atoms with Crippen molar-refractivity contribution in [1.82, 2.24) is 0 Å². The number of Topliss-reactive ketones (excluding diaryl/α,β-unsaturated/α-hetero) is 1. The number of carbonyl (C=O) groups excluding carboxylic acids is 3. The number of hydrogen-bond acceptors (Lipinski definition) is 5. The summed E-state index contributed by atoms with van der Waals surface area (Å²) in [7, 11) is 0. The van der Waals surface area contributed by atoms with Crippen LogP contribution >= 0.6 is 0 Å². The number of esters is 1. The number of amides is 1. The molecule has 1 unspecified atom stereocenters. The number of benzene rings is 3. The lowest BCUT2D eigenvalue weighted by atomic mass is 9.94. The van der Waals surface area contributed by atoms with Gasteiger partial charge in [0, 0.05) is 11.3 Å². The van der Waals surface area contributed by atoms with Crippen LogP contribution in [0.3, 0.4) is 0 Å². The van der Waals surface area contributed by atoms with Crippen LogP contribution in [-0.2, 0) is 20.7 Å². The molecule has 1 amide bonds. The molecule has 1 heterocycles. The molecular formula is C29H27NO5. The van der Waals surface area contributed by atoms with Gasteiger partial charge >= 0.3 is 5.97 Å². The van der Waals surface area contributed by atoms with Crippen molar-refractivity contribution in [3.63, 3.8) is 0 Å². The predicted molar refractivity (Wildman–Crippen MR) is 134 cm³/mol. The number of anilines is 1. The van der Waals surface area contributed by atoms with Gasteiger partial charge in [-0.05, 0) is 55.7 Å². The van der Waals surface area contributed by atoms with E-state index in [1.165, 1.54) is 4.90 Å². The van der Waals surface area contributed by atoms with Crippen molar-refractivity contribution in [3.05, 3.63) is 106 Å². The summed E-state index contributed by atoms with van der Waals surface area (Å²) >= 11 is 0. The van der Waals surface area contributed by atoms with Gasteiger partial charge < -0.3 is 9.84 Å². The first kappa shape index (κ1) is 24.0. The molecule has 1 fully saturated rings. The molecule has 6 heteroatoms. The molecule has 3 aromatic carbocycles. The SMILES string of the molecule is CCOC(=O)c1ccc(N2C(=O)C(=O)/C(=C(/O)c3ccc(CC)cc3)C2c2cccc(C)c2)cc1. The molecule has 178 valence electrons. The summed E-state index contributed by atoms with van der Waals surface area (Å²) in [6.07, 6.45) is 0.844. The molecule has 0 saturated carbocycles. The van der Waals surface area contributed by atoms with Crippen molar-refractivity contribution in [1.29, 1.82) is 0 Å². The van der Waals surface area contributed by atoms with E-state index in [0.29, 0.717) is 22.4 Å². The van der Waals surface area contributed by atoms with Crippen molar-refractivity contribution in [2.75, 3.05) is 11.5 Å². The van der Waals surface area contributed by atoms with E-state index in [0.717, 1.165) is 17.5 Å². The van der Waals surface area contributed by atoms with E-state index < -0.39 is 23.7 Å². The molecule has 35 heavy (non-hydrogen) atoms. The summed E-state index contributed by atoms with van der Waals surface area (Å²) in [6.45, 7) is 5.93. The van der Waals surface area contributed by atoms with Gasteiger partial charge in [0.25, 0.3) is 11.7 Å². The summed E-state index contributed by atoms with van der Waals surface area (Å²) in [5.74, 6) is -2.19. The Balaban J connectivity index is 1.85. The van der Waals surface area contributed by atoms with Crippen LogP contribution in [0.5, 0.6) is 0 Å². The van der Waals surface area contributed by atoms with Crippen LogP contribution in [0.1, 0.15) is 52.5 Å². The first-order valence-electron chi connectivity index (χ1n) is 11.6. The number of hydrogen-bond donors (Lipinski definition) is 1. The second kappa shape index (κ2) is 9.97. The predicted octanol–water partition coefficient (Wildman–Crippen LogP) is 5.36. The van der Waals surface area contributed by atoms with E-state index in [-0.39, 0.29) is 17.9 Å². The van der Waals surface area contributed by atoms with Crippen LogP contribution in [-0.4, -0.2) is 29.4 Å². The number of ether oxygens (including phenoxy) is 1. The quantitative estimate of drug-likeness (QED) is 0.227. The van der Waals surface area contributed by atoms with Crippen LogP contribution in [0.2, 0.25) is 0 Å². The molecule has 1 N–H and O–H groups in total. The largest absolute Gasteiger partial charge is 0.507 e. The lowest BCUT2D eigenvalue weighted by molar-refractivity contribution is -0.132. The molecule has 4 rings (SSSR count). The lowest BCUT2D eigenvalue weighted by Crippen LogP contribution is -2.29. The highest BCUT2D eigenvalue weighted by molar-refractivity contribution is 6.51. The zero-order valence-corrected chi connectivity index (χ0v) is 19.9. The molecule has 6 nitrogen and oxygen atoms in total. The van der Waals surface area contributed by atoms with Crippen molar-refractivity contribution in [2.45, 2.75) is 33.2 Å². The van der Waals surface area contributed by atoms with Crippen molar-refractivity contribution < 1.29 is 24.2 Å². The lowest BCUT2D eigenvalue weighted by Gasteiger charge is -2.26. The third-order valence-corrected chi connectivity index (χ3v) is 6.09.